The summed E-state index contributed by atoms with van der Waals surface area (Å²) in [6.07, 6.45) is 7.58. The van der Waals surface area contributed by atoms with Gasteiger partial charge in [0.05, 0.1) is 12.1 Å². The molecule has 1 aliphatic carbocycles. The molecule has 0 bridgehead atoms. The number of halogens is 1. The van der Waals surface area contributed by atoms with Crippen molar-refractivity contribution in [2.24, 2.45) is 5.92 Å². The summed E-state index contributed by atoms with van der Waals surface area (Å²) in [5.41, 5.74) is 0.772. The van der Waals surface area contributed by atoms with E-state index in [2.05, 4.69) is 22.5 Å². The second-order valence-electron chi connectivity index (χ2n) is 9.57. The molecular formula is C26H35FN4O2S. The lowest BCUT2D eigenvalue weighted by atomic mass is 9.83. The number of likely N-dealkylation sites (tertiary alicyclic amines) is 1. The van der Waals surface area contributed by atoms with Crippen LogP contribution in [0.15, 0.2) is 29.6 Å². The summed E-state index contributed by atoms with van der Waals surface area (Å²) < 4.78 is 13.2. The molecule has 6 nitrogen and oxygen atoms in total. The normalized spacial score (nSPS) is 20.9. The molecule has 4 rings (SSSR count). The largest absolute Gasteiger partial charge is 0.332 e. The average Bonchev–Trinajstić information content (AvgIpc) is 3.54. The van der Waals surface area contributed by atoms with Gasteiger partial charge in [0.1, 0.15) is 16.5 Å². The van der Waals surface area contributed by atoms with E-state index in [1.54, 1.807) is 5.38 Å². The summed E-state index contributed by atoms with van der Waals surface area (Å²) in [4.78, 5) is 33.3. The maximum Gasteiger partial charge on any atom is 0.240 e. The fourth-order valence-corrected chi connectivity index (χ4v) is 6.03. The number of hydrogen-bond donors (Lipinski definition) is 2. The summed E-state index contributed by atoms with van der Waals surface area (Å²) in [5, 5.41) is 9.40. The molecule has 1 saturated carbocycles. The lowest BCUT2D eigenvalue weighted by Crippen LogP contribution is -2.53. The smallest absolute Gasteiger partial charge is 0.240 e. The molecule has 2 N–H and O–H groups in total. The zero-order valence-electron chi connectivity index (χ0n) is 20.1. The van der Waals surface area contributed by atoms with Gasteiger partial charge >= 0.3 is 0 Å². The summed E-state index contributed by atoms with van der Waals surface area (Å²) in [6, 6.07) is 5.53. The zero-order chi connectivity index (χ0) is 24.1. The molecule has 1 aromatic carbocycles. The molecule has 2 aliphatic rings. The van der Waals surface area contributed by atoms with Gasteiger partial charge in [-0.3, -0.25) is 9.59 Å². The molecule has 1 aromatic heterocycles. The predicted molar refractivity (Wildman–Crippen MR) is 133 cm³/mol. The van der Waals surface area contributed by atoms with Gasteiger partial charge in [0.2, 0.25) is 11.7 Å². The molecule has 2 heterocycles. The molecule has 1 saturated heterocycles. The number of benzene rings is 1. The standard InChI is InChI=1S/C26H35FN4O2S/c1-17(28-2)15-29-23(18-7-4-3-5-8-18)26(33)31-14-6-9-22(31)25-30-21(16-34-25)24(32)19-10-12-20(27)13-11-19/h10-13,16-18,22-23,28-29H,3-9,14-15H2,1-2H3/t17-,22-,23-/m0/s1. The van der Waals surface area contributed by atoms with E-state index in [9.17, 15) is 14.0 Å². The molecular weight excluding hydrogens is 451 g/mol. The van der Waals surface area contributed by atoms with Gasteiger partial charge in [-0.05, 0) is 69.8 Å². The lowest BCUT2D eigenvalue weighted by molar-refractivity contribution is -0.136. The Labute approximate surface area is 205 Å². The van der Waals surface area contributed by atoms with Crippen LogP contribution in [-0.2, 0) is 4.79 Å². The highest BCUT2D eigenvalue weighted by Gasteiger charge is 2.39. The molecule has 8 heteroatoms. The second-order valence-corrected chi connectivity index (χ2v) is 10.5. The number of nitrogens with one attached hydrogen (secondary N) is 2. The number of aromatic nitrogens is 1. The van der Waals surface area contributed by atoms with E-state index in [1.165, 1.54) is 54.9 Å². The van der Waals surface area contributed by atoms with Crippen molar-refractivity contribution in [3.05, 3.63) is 51.7 Å². The van der Waals surface area contributed by atoms with Gasteiger partial charge in [-0.1, -0.05) is 19.3 Å². The minimum Gasteiger partial charge on any atom is -0.332 e. The molecule has 2 fully saturated rings. The van der Waals surface area contributed by atoms with Crippen LogP contribution in [-0.4, -0.2) is 53.8 Å². The molecule has 184 valence electrons. The van der Waals surface area contributed by atoms with Crippen molar-refractivity contribution in [2.45, 2.75) is 70.0 Å². The Balaban J connectivity index is 1.50. The van der Waals surface area contributed by atoms with Crippen LogP contribution in [0.5, 0.6) is 0 Å². The van der Waals surface area contributed by atoms with Gasteiger partial charge in [-0.25, -0.2) is 9.37 Å². The average molecular weight is 487 g/mol. The van der Waals surface area contributed by atoms with E-state index in [0.717, 1.165) is 43.8 Å². The minimum absolute atomic E-state index is 0.0955. The van der Waals surface area contributed by atoms with Gasteiger partial charge < -0.3 is 15.5 Å². The van der Waals surface area contributed by atoms with Crippen LogP contribution in [0, 0.1) is 11.7 Å². The summed E-state index contributed by atoms with van der Waals surface area (Å²) in [6.45, 7) is 3.58. The maximum absolute atomic E-state index is 13.8. The van der Waals surface area contributed by atoms with Crippen molar-refractivity contribution in [3.8, 4) is 0 Å². The third-order valence-corrected chi connectivity index (χ3v) is 8.15. The zero-order valence-corrected chi connectivity index (χ0v) is 20.9. The topological polar surface area (TPSA) is 74.3 Å². The highest BCUT2D eigenvalue weighted by Crippen LogP contribution is 2.36. The van der Waals surface area contributed by atoms with Crippen molar-refractivity contribution in [1.29, 1.82) is 0 Å². The van der Waals surface area contributed by atoms with Gasteiger partial charge in [-0.15, -0.1) is 11.3 Å². The van der Waals surface area contributed by atoms with Crippen LogP contribution in [0.2, 0.25) is 0 Å². The summed E-state index contributed by atoms with van der Waals surface area (Å²) >= 11 is 1.43. The van der Waals surface area contributed by atoms with Crippen molar-refractivity contribution in [3.63, 3.8) is 0 Å². The van der Waals surface area contributed by atoms with Crippen molar-refractivity contribution < 1.29 is 14.0 Å². The highest BCUT2D eigenvalue weighted by molar-refractivity contribution is 7.10. The molecule has 1 aliphatic heterocycles. The molecule has 3 atom stereocenters. The number of thiazole rings is 1. The highest BCUT2D eigenvalue weighted by atomic mass is 32.1. The van der Waals surface area contributed by atoms with E-state index < -0.39 is 0 Å². The Morgan fingerprint density at radius 3 is 2.59 bits per heavy atom. The Hall–Kier alpha value is -2.16. The fraction of sp³-hybridized carbons (Fsp3) is 0.577. The Bertz CT molecular complexity index is 973. The first kappa shape index (κ1) is 24.9. The first-order valence-corrected chi connectivity index (χ1v) is 13.3. The lowest BCUT2D eigenvalue weighted by Gasteiger charge is -2.35. The van der Waals surface area contributed by atoms with Crippen LogP contribution >= 0.6 is 11.3 Å². The SMILES string of the molecule is CN[C@@H](C)CN[C@H](C(=O)N1CCC[C@H]1c1nc(C(=O)c2ccc(F)cc2)cs1)C1CCCCC1. The third-order valence-electron chi connectivity index (χ3n) is 7.21. The number of hydrogen-bond acceptors (Lipinski definition) is 6. The number of likely N-dealkylation sites (N-methyl/N-ethyl adjacent to an activating group) is 1. The Morgan fingerprint density at radius 2 is 1.88 bits per heavy atom. The number of rotatable bonds is 9. The molecule has 0 spiro atoms. The predicted octanol–water partition coefficient (Wildman–Crippen LogP) is 4.32. The van der Waals surface area contributed by atoms with Crippen molar-refractivity contribution in [2.75, 3.05) is 20.1 Å². The van der Waals surface area contributed by atoms with Gasteiger partial charge in [-0.2, -0.15) is 0 Å². The van der Waals surface area contributed by atoms with E-state index >= 15 is 0 Å². The summed E-state index contributed by atoms with van der Waals surface area (Å²) in [5.74, 6) is -0.0696. The molecule has 34 heavy (non-hydrogen) atoms. The van der Waals surface area contributed by atoms with Gasteiger partial charge in [0.15, 0.2) is 0 Å². The minimum atomic E-state index is -0.374. The van der Waals surface area contributed by atoms with Crippen LogP contribution in [0.1, 0.15) is 79.0 Å². The fourth-order valence-electron chi connectivity index (χ4n) is 5.09. The third kappa shape index (κ3) is 5.73. The van der Waals surface area contributed by atoms with E-state index in [4.69, 9.17) is 0 Å². The van der Waals surface area contributed by atoms with Crippen LogP contribution in [0.4, 0.5) is 4.39 Å². The van der Waals surface area contributed by atoms with E-state index in [1.807, 2.05) is 11.9 Å². The summed E-state index contributed by atoms with van der Waals surface area (Å²) in [7, 11) is 1.94. The van der Waals surface area contributed by atoms with E-state index in [-0.39, 0.29) is 35.6 Å². The number of carbonyl (C=O) groups is 2. The first-order valence-electron chi connectivity index (χ1n) is 12.4. The Morgan fingerprint density at radius 1 is 1.15 bits per heavy atom. The van der Waals surface area contributed by atoms with Crippen molar-refractivity contribution >= 4 is 23.0 Å². The molecule has 0 radical (unpaired) electrons. The molecule has 0 unspecified atom stereocenters. The van der Waals surface area contributed by atoms with Crippen molar-refractivity contribution in [1.82, 2.24) is 20.5 Å². The Kier molecular flexibility index (Phi) is 8.45. The number of amides is 1. The maximum atomic E-state index is 13.8. The van der Waals surface area contributed by atoms with Crippen LogP contribution in [0.25, 0.3) is 0 Å². The van der Waals surface area contributed by atoms with E-state index in [0.29, 0.717) is 17.2 Å². The second kappa shape index (κ2) is 11.5. The van der Waals surface area contributed by atoms with Crippen LogP contribution in [0.3, 0.4) is 0 Å². The van der Waals surface area contributed by atoms with Crippen LogP contribution < -0.4 is 10.6 Å². The first-order chi connectivity index (χ1) is 16.5. The monoisotopic (exact) mass is 486 g/mol. The molecule has 1 amide bonds. The molecule has 2 aromatic rings. The number of nitrogens with zero attached hydrogens (tertiary/aromatic N) is 2. The number of ketones is 1. The quantitative estimate of drug-likeness (QED) is 0.517. The number of carbonyl (C=O) groups excluding carboxylic acids is 2. The van der Waals surface area contributed by atoms with Gasteiger partial charge in [0, 0.05) is 30.1 Å². The van der Waals surface area contributed by atoms with Gasteiger partial charge in [0.25, 0.3) is 0 Å².